The quantitative estimate of drug-likeness (QED) is 0.668. The van der Waals surface area contributed by atoms with Crippen molar-refractivity contribution in [2.24, 2.45) is 23.2 Å². The Balaban J connectivity index is 1.19. The molecule has 3 amide bonds. The first-order valence-electron chi connectivity index (χ1n) is 11.3. The summed E-state index contributed by atoms with van der Waals surface area (Å²) in [6, 6.07) is 7.02. The highest BCUT2D eigenvalue weighted by Gasteiger charge is 2.54. The fourth-order valence-corrected chi connectivity index (χ4v) is 6.23. The van der Waals surface area contributed by atoms with Crippen LogP contribution in [0.5, 0.6) is 5.75 Å². The van der Waals surface area contributed by atoms with E-state index in [1.54, 1.807) is 38.4 Å². The van der Waals surface area contributed by atoms with Crippen molar-refractivity contribution in [3.63, 3.8) is 0 Å². The van der Waals surface area contributed by atoms with E-state index in [1.807, 2.05) is 0 Å². The first-order valence-corrected chi connectivity index (χ1v) is 11.3. The highest BCUT2D eigenvalue weighted by molar-refractivity contribution is 5.94. The number of hydrogen-bond donors (Lipinski definition) is 2. The summed E-state index contributed by atoms with van der Waals surface area (Å²) in [7, 11) is 3.19. The van der Waals surface area contributed by atoms with Gasteiger partial charge in [-0.3, -0.25) is 14.4 Å². The van der Waals surface area contributed by atoms with Crippen molar-refractivity contribution >= 4 is 23.4 Å². The molecule has 0 aliphatic heterocycles. The monoisotopic (exact) mass is 427 g/mol. The molecular weight excluding hydrogens is 394 g/mol. The lowest BCUT2D eigenvalue weighted by molar-refractivity contribution is -0.146. The zero-order valence-corrected chi connectivity index (χ0v) is 18.5. The Hall–Kier alpha value is -2.57. The van der Waals surface area contributed by atoms with Gasteiger partial charge in [0.05, 0.1) is 13.7 Å². The Morgan fingerprint density at radius 2 is 1.61 bits per heavy atom. The molecule has 0 atom stereocenters. The Bertz CT molecular complexity index is 800. The lowest BCUT2D eigenvalue weighted by Crippen LogP contribution is -2.53. The molecule has 0 heterocycles. The number of ether oxygens (including phenoxy) is 1. The third-order valence-corrected chi connectivity index (χ3v) is 7.32. The van der Waals surface area contributed by atoms with Crippen molar-refractivity contribution in [2.75, 3.05) is 32.6 Å². The molecule has 168 valence electrons. The molecule has 7 heteroatoms. The Morgan fingerprint density at radius 3 is 2.16 bits per heavy atom. The van der Waals surface area contributed by atoms with Crippen LogP contribution in [0.15, 0.2) is 24.3 Å². The number of amides is 3. The van der Waals surface area contributed by atoms with E-state index in [1.165, 1.54) is 24.2 Å². The lowest BCUT2D eigenvalue weighted by atomic mass is 9.49. The van der Waals surface area contributed by atoms with E-state index in [-0.39, 0.29) is 36.1 Å². The second kappa shape index (κ2) is 8.89. The summed E-state index contributed by atoms with van der Waals surface area (Å²) >= 11 is 0. The molecule has 0 saturated heterocycles. The van der Waals surface area contributed by atoms with Crippen molar-refractivity contribution < 1.29 is 19.1 Å². The number of nitrogens with zero attached hydrogens (tertiary/aromatic N) is 1. The zero-order valence-electron chi connectivity index (χ0n) is 18.5. The van der Waals surface area contributed by atoms with Gasteiger partial charge in [0, 0.05) is 31.1 Å². The molecule has 4 bridgehead atoms. The topological polar surface area (TPSA) is 87.7 Å². The van der Waals surface area contributed by atoms with Crippen molar-refractivity contribution in [3.8, 4) is 5.75 Å². The second-order valence-corrected chi connectivity index (χ2v) is 9.73. The van der Waals surface area contributed by atoms with Crippen LogP contribution >= 0.6 is 0 Å². The van der Waals surface area contributed by atoms with Gasteiger partial charge in [-0.25, -0.2) is 0 Å². The maximum absolute atomic E-state index is 13.0. The van der Waals surface area contributed by atoms with Gasteiger partial charge in [0.2, 0.25) is 17.7 Å². The zero-order chi connectivity index (χ0) is 22.0. The molecule has 0 radical (unpaired) electrons. The summed E-state index contributed by atoms with van der Waals surface area (Å²) in [5.74, 6) is 2.58. The van der Waals surface area contributed by atoms with Crippen LogP contribution in [0.2, 0.25) is 0 Å². The number of rotatable bonds is 8. The van der Waals surface area contributed by atoms with Crippen LogP contribution < -0.4 is 15.4 Å². The maximum atomic E-state index is 13.0. The number of carbonyl (C=O) groups is 3. The van der Waals surface area contributed by atoms with Crippen LogP contribution in [0.4, 0.5) is 5.69 Å². The number of carbonyl (C=O) groups excluding carboxylic acids is 3. The second-order valence-electron chi connectivity index (χ2n) is 9.73. The van der Waals surface area contributed by atoms with E-state index in [2.05, 4.69) is 10.6 Å². The molecular formula is C24H33N3O4. The molecule has 7 nitrogen and oxygen atoms in total. The first kappa shape index (κ1) is 21.7. The third-order valence-electron chi connectivity index (χ3n) is 7.32. The van der Waals surface area contributed by atoms with Crippen LogP contribution in [0.25, 0.3) is 0 Å². The minimum atomic E-state index is -0.265. The standard InChI is InChI=1S/C24H33N3O4/c1-27(15-21(28)26-19-3-5-20(31-2)6-4-19)22(29)7-8-25-23(30)24-12-16-9-17(13-24)11-18(10-16)14-24/h3-6,16-18H,7-15H2,1-2H3,(H,25,30)(H,26,28). The van der Waals surface area contributed by atoms with E-state index >= 15 is 0 Å². The van der Waals surface area contributed by atoms with Crippen LogP contribution in [-0.2, 0) is 14.4 Å². The number of nitrogens with one attached hydrogen (secondary N) is 2. The SMILES string of the molecule is COc1ccc(NC(=O)CN(C)C(=O)CCNC(=O)C23CC4CC(CC(C4)C2)C3)cc1. The molecule has 4 fully saturated rings. The number of methoxy groups -OCH3 is 1. The van der Waals surface area contributed by atoms with Crippen molar-refractivity contribution in [3.05, 3.63) is 24.3 Å². The van der Waals surface area contributed by atoms with E-state index in [9.17, 15) is 14.4 Å². The van der Waals surface area contributed by atoms with Crippen molar-refractivity contribution in [2.45, 2.75) is 44.9 Å². The largest absolute Gasteiger partial charge is 0.497 e. The first-order chi connectivity index (χ1) is 14.9. The molecule has 2 N–H and O–H groups in total. The number of hydrogen-bond acceptors (Lipinski definition) is 4. The number of benzene rings is 1. The molecule has 5 rings (SSSR count). The number of likely N-dealkylation sites (N-methyl/N-ethyl adjacent to an activating group) is 1. The van der Waals surface area contributed by atoms with Gasteiger partial charge in [-0.15, -0.1) is 0 Å². The van der Waals surface area contributed by atoms with Gasteiger partial charge >= 0.3 is 0 Å². The number of anilines is 1. The highest BCUT2D eigenvalue weighted by Crippen LogP contribution is 2.60. The molecule has 4 aliphatic rings. The minimum Gasteiger partial charge on any atom is -0.497 e. The maximum Gasteiger partial charge on any atom is 0.243 e. The van der Waals surface area contributed by atoms with Crippen LogP contribution in [0.3, 0.4) is 0 Å². The Labute approximate surface area is 183 Å². The molecule has 4 saturated carbocycles. The smallest absolute Gasteiger partial charge is 0.243 e. The highest BCUT2D eigenvalue weighted by atomic mass is 16.5. The fraction of sp³-hybridized carbons (Fsp3) is 0.625. The predicted octanol–water partition coefficient (Wildman–Crippen LogP) is 2.81. The average Bonchev–Trinajstić information content (AvgIpc) is 2.73. The van der Waals surface area contributed by atoms with E-state index in [0.717, 1.165) is 19.3 Å². The van der Waals surface area contributed by atoms with Crippen LogP contribution in [-0.4, -0.2) is 49.9 Å². The Morgan fingerprint density at radius 1 is 1.03 bits per heavy atom. The predicted molar refractivity (Wildman–Crippen MR) is 117 cm³/mol. The van der Waals surface area contributed by atoms with E-state index < -0.39 is 0 Å². The normalized spacial score (nSPS) is 28.1. The molecule has 0 unspecified atom stereocenters. The minimum absolute atomic E-state index is 0.0339. The lowest BCUT2D eigenvalue weighted by Gasteiger charge is -2.55. The van der Waals surface area contributed by atoms with E-state index in [4.69, 9.17) is 4.74 Å². The van der Waals surface area contributed by atoms with Gasteiger partial charge in [-0.1, -0.05) is 0 Å². The summed E-state index contributed by atoms with van der Waals surface area (Å²) in [5.41, 5.74) is 0.455. The summed E-state index contributed by atoms with van der Waals surface area (Å²) in [6.07, 6.45) is 7.15. The van der Waals surface area contributed by atoms with Gasteiger partial charge in [-0.05, 0) is 80.5 Å². The van der Waals surface area contributed by atoms with E-state index in [0.29, 0.717) is 35.7 Å². The van der Waals surface area contributed by atoms with Gasteiger partial charge in [0.1, 0.15) is 5.75 Å². The molecule has 1 aromatic rings. The molecule has 4 aliphatic carbocycles. The summed E-state index contributed by atoms with van der Waals surface area (Å²) in [4.78, 5) is 39.0. The van der Waals surface area contributed by atoms with Crippen LogP contribution in [0, 0.1) is 23.2 Å². The summed E-state index contributed by atoms with van der Waals surface area (Å²) in [6.45, 7) is 0.289. The molecule has 1 aromatic carbocycles. The summed E-state index contributed by atoms with van der Waals surface area (Å²) in [5, 5.41) is 5.80. The molecule has 0 spiro atoms. The van der Waals surface area contributed by atoms with Crippen molar-refractivity contribution in [1.29, 1.82) is 0 Å². The Kier molecular flexibility index (Phi) is 6.21. The molecule has 0 aromatic heterocycles. The average molecular weight is 428 g/mol. The summed E-state index contributed by atoms with van der Waals surface area (Å²) < 4.78 is 5.10. The van der Waals surface area contributed by atoms with Gasteiger partial charge < -0.3 is 20.3 Å². The van der Waals surface area contributed by atoms with Gasteiger partial charge in [0.25, 0.3) is 0 Å². The van der Waals surface area contributed by atoms with Gasteiger partial charge in [-0.2, -0.15) is 0 Å². The fourth-order valence-electron chi connectivity index (χ4n) is 6.23. The van der Waals surface area contributed by atoms with Gasteiger partial charge in [0.15, 0.2) is 0 Å². The van der Waals surface area contributed by atoms with Crippen molar-refractivity contribution in [1.82, 2.24) is 10.2 Å². The van der Waals surface area contributed by atoms with Crippen LogP contribution in [0.1, 0.15) is 44.9 Å². The third kappa shape index (κ3) is 4.86. The molecule has 31 heavy (non-hydrogen) atoms.